The summed E-state index contributed by atoms with van der Waals surface area (Å²) in [7, 11) is 0. The Balaban J connectivity index is 3.75. The average molecular weight is 284 g/mol. The summed E-state index contributed by atoms with van der Waals surface area (Å²) in [5, 5.41) is 9.81. The lowest BCUT2D eigenvalue weighted by atomic mass is 10.0. The highest BCUT2D eigenvalue weighted by Gasteiger charge is 2.22. The quantitative estimate of drug-likeness (QED) is 0.350. The van der Waals surface area contributed by atoms with Crippen LogP contribution in [0, 0.1) is 5.92 Å². The number of carbonyl (C=O) groups excluding carboxylic acids is 1. The van der Waals surface area contributed by atoms with Crippen molar-refractivity contribution in [3.63, 3.8) is 0 Å². The third-order valence-electron chi connectivity index (χ3n) is 3.26. The average Bonchev–Trinajstić information content (AvgIpc) is 2.39. The van der Waals surface area contributed by atoms with Gasteiger partial charge in [0.1, 0.15) is 0 Å². The van der Waals surface area contributed by atoms with Crippen molar-refractivity contribution in [2.45, 2.75) is 84.8 Å². The Morgan fingerprint density at radius 2 is 1.70 bits per heavy atom. The SMILES string of the molecule is CCCCCCCC/C=C\[C@@H](C)[C@H](O)C(=O)OC(C)C. The Kier molecular flexibility index (Phi) is 11.5. The summed E-state index contributed by atoms with van der Waals surface area (Å²) in [6.45, 7) is 7.62. The van der Waals surface area contributed by atoms with E-state index in [2.05, 4.69) is 13.0 Å². The fourth-order valence-electron chi connectivity index (χ4n) is 1.98. The monoisotopic (exact) mass is 284 g/mol. The molecule has 1 N–H and O–H groups in total. The Hall–Kier alpha value is -0.830. The second kappa shape index (κ2) is 12.0. The molecule has 0 aromatic heterocycles. The first kappa shape index (κ1) is 19.2. The molecule has 0 aromatic carbocycles. The molecule has 0 aliphatic heterocycles. The molecule has 0 aromatic rings. The van der Waals surface area contributed by atoms with Crippen molar-refractivity contribution in [3.8, 4) is 0 Å². The highest BCUT2D eigenvalue weighted by molar-refractivity contribution is 5.75. The molecular formula is C17H32O3. The number of unbranched alkanes of at least 4 members (excludes halogenated alkanes) is 6. The summed E-state index contributed by atoms with van der Waals surface area (Å²) in [5.74, 6) is -0.724. The predicted molar refractivity (Wildman–Crippen MR) is 83.5 cm³/mol. The number of carbonyl (C=O) groups is 1. The molecule has 118 valence electrons. The molecule has 0 rings (SSSR count). The van der Waals surface area contributed by atoms with Crippen LogP contribution in [0.5, 0.6) is 0 Å². The van der Waals surface area contributed by atoms with Crippen LogP contribution in [0.15, 0.2) is 12.2 Å². The van der Waals surface area contributed by atoms with Crippen molar-refractivity contribution in [1.82, 2.24) is 0 Å². The summed E-state index contributed by atoms with van der Waals surface area (Å²) < 4.78 is 4.99. The van der Waals surface area contributed by atoms with Gasteiger partial charge in [-0.15, -0.1) is 0 Å². The molecule has 0 heterocycles. The van der Waals surface area contributed by atoms with E-state index < -0.39 is 12.1 Å². The van der Waals surface area contributed by atoms with E-state index in [1.54, 1.807) is 13.8 Å². The van der Waals surface area contributed by atoms with Crippen LogP contribution in [0.25, 0.3) is 0 Å². The lowest BCUT2D eigenvalue weighted by molar-refractivity contribution is -0.159. The zero-order valence-corrected chi connectivity index (χ0v) is 13.6. The van der Waals surface area contributed by atoms with E-state index >= 15 is 0 Å². The minimum atomic E-state index is -1.06. The molecule has 2 atom stereocenters. The number of hydrogen-bond acceptors (Lipinski definition) is 3. The van der Waals surface area contributed by atoms with Crippen molar-refractivity contribution >= 4 is 5.97 Å². The lowest BCUT2D eigenvalue weighted by Gasteiger charge is -2.16. The van der Waals surface area contributed by atoms with E-state index in [1.807, 2.05) is 13.0 Å². The van der Waals surface area contributed by atoms with Gasteiger partial charge in [0, 0.05) is 5.92 Å². The van der Waals surface area contributed by atoms with Gasteiger partial charge >= 0.3 is 5.97 Å². The Morgan fingerprint density at radius 1 is 1.10 bits per heavy atom. The summed E-state index contributed by atoms with van der Waals surface area (Å²) in [4.78, 5) is 11.5. The molecular weight excluding hydrogens is 252 g/mol. The van der Waals surface area contributed by atoms with Gasteiger partial charge < -0.3 is 9.84 Å². The van der Waals surface area contributed by atoms with E-state index in [9.17, 15) is 9.90 Å². The maximum Gasteiger partial charge on any atom is 0.335 e. The molecule has 0 bridgehead atoms. The van der Waals surface area contributed by atoms with Crippen LogP contribution in [-0.2, 0) is 9.53 Å². The smallest absolute Gasteiger partial charge is 0.335 e. The Bertz CT molecular complexity index is 271. The number of aliphatic hydroxyl groups excluding tert-OH is 1. The summed E-state index contributed by atoms with van der Waals surface area (Å²) in [5.41, 5.74) is 0. The number of rotatable bonds is 11. The van der Waals surface area contributed by atoms with Gasteiger partial charge in [-0.1, -0.05) is 58.1 Å². The van der Waals surface area contributed by atoms with Crippen LogP contribution in [0.3, 0.4) is 0 Å². The molecule has 3 nitrogen and oxygen atoms in total. The maximum absolute atomic E-state index is 11.5. The maximum atomic E-state index is 11.5. The fourth-order valence-corrected chi connectivity index (χ4v) is 1.98. The van der Waals surface area contributed by atoms with Gasteiger partial charge in [-0.25, -0.2) is 4.79 Å². The number of allylic oxidation sites excluding steroid dienone is 1. The number of esters is 1. The van der Waals surface area contributed by atoms with Crippen molar-refractivity contribution in [2.24, 2.45) is 5.92 Å². The van der Waals surface area contributed by atoms with Gasteiger partial charge in [0.05, 0.1) is 6.10 Å². The normalized spacial score (nSPS) is 14.7. The van der Waals surface area contributed by atoms with Gasteiger partial charge in [-0.2, -0.15) is 0 Å². The summed E-state index contributed by atoms with van der Waals surface area (Å²) in [6.07, 6.45) is 11.4. The molecule has 0 amide bonds. The molecule has 20 heavy (non-hydrogen) atoms. The topological polar surface area (TPSA) is 46.5 Å². The molecule has 0 aliphatic rings. The minimum absolute atomic E-state index is 0.184. The zero-order chi connectivity index (χ0) is 15.4. The molecule has 0 saturated carbocycles. The molecule has 0 fully saturated rings. The predicted octanol–water partition coefficient (Wildman–Crippen LogP) is 4.24. The first-order chi connectivity index (χ1) is 9.49. The van der Waals surface area contributed by atoms with Crippen LogP contribution < -0.4 is 0 Å². The number of hydrogen-bond donors (Lipinski definition) is 1. The van der Waals surface area contributed by atoms with E-state index in [0.717, 1.165) is 6.42 Å². The summed E-state index contributed by atoms with van der Waals surface area (Å²) in [6, 6.07) is 0. The van der Waals surface area contributed by atoms with Gasteiger partial charge in [-0.3, -0.25) is 0 Å². The van der Waals surface area contributed by atoms with E-state index in [1.165, 1.54) is 38.5 Å². The van der Waals surface area contributed by atoms with Gasteiger partial charge in [0.15, 0.2) is 6.10 Å². The second-order valence-electron chi connectivity index (χ2n) is 5.77. The second-order valence-corrected chi connectivity index (χ2v) is 5.77. The van der Waals surface area contributed by atoms with Crippen LogP contribution >= 0.6 is 0 Å². The summed E-state index contributed by atoms with van der Waals surface area (Å²) >= 11 is 0. The molecule has 0 spiro atoms. The van der Waals surface area contributed by atoms with Gasteiger partial charge in [0.25, 0.3) is 0 Å². The van der Waals surface area contributed by atoms with E-state index in [0.29, 0.717) is 0 Å². The largest absolute Gasteiger partial charge is 0.461 e. The molecule has 3 heteroatoms. The molecule has 0 aliphatic carbocycles. The highest BCUT2D eigenvalue weighted by Crippen LogP contribution is 2.11. The first-order valence-corrected chi connectivity index (χ1v) is 8.04. The molecule has 0 saturated heterocycles. The fraction of sp³-hybridized carbons (Fsp3) is 0.824. The van der Waals surface area contributed by atoms with Crippen molar-refractivity contribution in [2.75, 3.05) is 0 Å². The number of aliphatic hydroxyl groups is 1. The Labute approximate surface area is 124 Å². The first-order valence-electron chi connectivity index (χ1n) is 8.04. The molecule has 0 radical (unpaired) electrons. The van der Waals surface area contributed by atoms with Crippen LogP contribution in [-0.4, -0.2) is 23.3 Å². The Morgan fingerprint density at radius 3 is 2.30 bits per heavy atom. The highest BCUT2D eigenvalue weighted by atomic mass is 16.6. The van der Waals surface area contributed by atoms with E-state index in [-0.39, 0.29) is 12.0 Å². The van der Waals surface area contributed by atoms with Crippen molar-refractivity contribution in [1.29, 1.82) is 0 Å². The van der Waals surface area contributed by atoms with Crippen molar-refractivity contribution < 1.29 is 14.6 Å². The van der Waals surface area contributed by atoms with E-state index in [4.69, 9.17) is 4.74 Å². The third kappa shape index (κ3) is 10.0. The van der Waals surface area contributed by atoms with Crippen LogP contribution in [0.4, 0.5) is 0 Å². The van der Waals surface area contributed by atoms with Crippen molar-refractivity contribution in [3.05, 3.63) is 12.2 Å². The van der Waals surface area contributed by atoms with Gasteiger partial charge in [-0.05, 0) is 26.7 Å². The lowest BCUT2D eigenvalue weighted by Crippen LogP contribution is -2.30. The van der Waals surface area contributed by atoms with Crippen LogP contribution in [0.2, 0.25) is 0 Å². The van der Waals surface area contributed by atoms with Gasteiger partial charge in [0.2, 0.25) is 0 Å². The third-order valence-corrected chi connectivity index (χ3v) is 3.26. The zero-order valence-electron chi connectivity index (χ0n) is 13.6. The number of ether oxygens (including phenoxy) is 1. The van der Waals surface area contributed by atoms with Crippen LogP contribution in [0.1, 0.15) is 72.6 Å². The standard InChI is InChI=1S/C17H32O3/c1-5-6-7-8-9-10-11-12-13-15(4)16(18)17(19)20-14(2)3/h12-16,18H,5-11H2,1-4H3/b13-12-/t15-,16+/m1/s1. The molecule has 0 unspecified atom stereocenters. The minimum Gasteiger partial charge on any atom is -0.461 e.